The Labute approximate surface area is 146 Å². The highest BCUT2D eigenvalue weighted by Gasteiger charge is 2.52. The molecule has 1 saturated heterocycles. The molecule has 0 spiro atoms. The van der Waals surface area contributed by atoms with Gasteiger partial charge in [-0.15, -0.1) is 0 Å². The van der Waals surface area contributed by atoms with Gasteiger partial charge in [-0.05, 0) is 64.7 Å². The molecule has 24 heavy (non-hydrogen) atoms. The van der Waals surface area contributed by atoms with E-state index in [1.807, 2.05) is 20.8 Å². The molecule has 0 aromatic carbocycles. The van der Waals surface area contributed by atoms with Crippen LogP contribution in [0.15, 0.2) is 0 Å². The maximum absolute atomic E-state index is 12.4. The molecule has 3 unspecified atom stereocenters. The maximum Gasteiger partial charge on any atom is 0.410 e. The van der Waals surface area contributed by atoms with Crippen LogP contribution < -0.4 is 5.73 Å². The van der Waals surface area contributed by atoms with Crippen molar-refractivity contribution in [2.75, 3.05) is 13.1 Å². The van der Waals surface area contributed by atoms with E-state index in [1.165, 1.54) is 0 Å². The highest BCUT2D eigenvalue weighted by Crippen LogP contribution is 2.44. The lowest BCUT2D eigenvalue weighted by molar-refractivity contribution is -0.105. The van der Waals surface area contributed by atoms with Crippen LogP contribution in [0.5, 0.6) is 0 Å². The molecule has 0 bridgehead atoms. The average molecular weight is 341 g/mol. The molecule has 0 aromatic rings. The third kappa shape index (κ3) is 4.23. The molecule has 5 nitrogen and oxygen atoms in total. The number of amides is 1. The van der Waals surface area contributed by atoms with Crippen molar-refractivity contribution in [1.82, 2.24) is 4.90 Å². The minimum Gasteiger partial charge on any atom is -0.444 e. The third-order valence-electron chi connectivity index (χ3n) is 5.81. The Morgan fingerprint density at radius 3 is 2.54 bits per heavy atom. The molecule has 0 radical (unpaired) electrons. The zero-order valence-electron chi connectivity index (χ0n) is 16.1. The van der Waals surface area contributed by atoms with Crippen LogP contribution in [0.2, 0.25) is 0 Å². The second-order valence-electron chi connectivity index (χ2n) is 9.29. The number of ether oxygens (including phenoxy) is 1. The van der Waals surface area contributed by atoms with Gasteiger partial charge < -0.3 is 20.5 Å². The van der Waals surface area contributed by atoms with Crippen LogP contribution >= 0.6 is 0 Å². The van der Waals surface area contributed by atoms with Crippen LogP contribution in [-0.4, -0.2) is 45.9 Å². The van der Waals surface area contributed by atoms with Crippen LogP contribution in [0.3, 0.4) is 0 Å². The highest BCUT2D eigenvalue weighted by molar-refractivity contribution is 5.68. The van der Waals surface area contributed by atoms with Crippen molar-refractivity contribution in [1.29, 1.82) is 0 Å². The normalized spacial score (nSPS) is 35.2. The number of likely N-dealkylation sites (tertiary alicyclic amines) is 1. The van der Waals surface area contributed by atoms with E-state index in [0.29, 0.717) is 24.9 Å². The fourth-order valence-electron chi connectivity index (χ4n) is 4.26. The molecule has 140 valence electrons. The first-order valence-corrected chi connectivity index (χ1v) is 9.45. The van der Waals surface area contributed by atoms with Gasteiger partial charge >= 0.3 is 6.09 Å². The Balaban J connectivity index is 2.12. The molecule has 0 aromatic heterocycles. The van der Waals surface area contributed by atoms with Crippen molar-refractivity contribution in [2.45, 2.75) is 89.9 Å². The molecular weight excluding hydrogens is 304 g/mol. The van der Waals surface area contributed by atoms with Gasteiger partial charge in [0, 0.05) is 13.1 Å². The molecular formula is C19H36N2O3. The second kappa shape index (κ2) is 6.83. The maximum atomic E-state index is 12.4. The highest BCUT2D eigenvalue weighted by atomic mass is 16.6. The summed E-state index contributed by atoms with van der Waals surface area (Å²) >= 11 is 0. The summed E-state index contributed by atoms with van der Waals surface area (Å²) in [4.78, 5) is 14.1. The van der Waals surface area contributed by atoms with E-state index in [1.54, 1.807) is 4.90 Å². The van der Waals surface area contributed by atoms with Gasteiger partial charge in [-0.1, -0.05) is 20.3 Å². The molecule has 3 atom stereocenters. The minimum absolute atomic E-state index is 0.322. The Kier molecular flexibility index (Phi) is 5.55. The van der Waals surface area contributed by atoms with Gasteiger partial charge in [0.05, 0.1) is 11.1 Å². The van der Waals surface area contributed by atoms with E-state index in [-0.39, 0.29) is 6.09 Å². The number of carbonyl (C=O) groups excluding carboxylic acids is 1. The van der Waals surface area contributed by atoms with Crippen molar-refractivity contribution in [3.63, 3.8) is 0 Å². The molecule has 5 heteroatoms. The number of piperidine rings is 1. The quantitative estimate of drug-likeness (QED) is 0.809. The summed E-state index contributed by atoms with van der Waals surface area (Å²) in [5.74, 6) is 1.05. The monoisotopic (exact) mass is 340 g/mol. The van der Waals surface area contributed by atoms with Gasteiger partial charge in [0.25, 0.3) is 0 Å². The van der Waals surface area contributed by atoms with E-state index in [0.717, 1.165) is 38.5 Å². The Hall–Kier alpha value is -0.810. The van der Waals surface area contributed by atoms with Crippen molar-refractivity contribution >= 4 is 6.09 Å². The van der Waals surface area contributed by atoms with Gasteiger partial charge in [-0.25, -0.2) is 4.79 Å². The predicted molar refractivity (Wildman–Crippen MR) is 95.7 cm³/mol. The number of carbonyl (C=O) groups is 1. The van der Waals surface area contributed by atoms with E-state index in [9.17, 15) is 9.90 Å². The van der Waals surface area contributed by atoms with E-state index in [4.69, 9.17) is 10.5 Å². The third-order valence-corrected chi connectivity index (χ3v) is 5.81. The molecule has 2 rings (SSSR count). The smallest absolute Gasteiger partial charge is 0.410 e. The summed E-state index contributed by atoms with van der Waals surface area (Å²) in [7, 11) is 0. The zero-order chi connectivity index (χ0) is 18.2. The Morgan fingerprint density at radius 2 is 1.96 bits per heavy atom. The van der Waals surface area contributed by atoms with Crippen molar-refractivity contribution in [3.05, 3.63) is 0 Å². The number of aliphatic hydroxyl groups is 1. The Bertz CT molecular complexity index is 460. The lowest BCUT2D eigenvalue weighted by Crippen LogP contribution is -2.69. The first kappa shape index (κ1) is 19.5. The van der Waals surface area contributed by atoms with Gasteiger partial charge in [0.2, 0.25) is 0 Å². The first-order chi connectivity index (χ1) is 11.0. The molecule has 1 amide bonds. The summed E-state index contributed by atoms with van der Waals surface area (Å²) < 4.78 is 5.50. The fraction of sp³-hybridized carbons (Fsp3) is 0.947. The molecule has 2 aliphatic rings. The molecule has 1 aliphatic heterocycles. The molecule has 1 saturated carbocycles. The van der Waals surface area contributed by atoms with Gasteiger partial charge in [0.15, 0.2) is 0 Å². The largest absolute Gasteiger partial charge is 0.444 e. The average Bonchev–Trinajstić information content (AvgIpc) is 2.45. The van der Waals surface area contributed by atoms with E-state index in [2.05, 4.69) is 13.8 Å². The number of rotatable bonds is 2. The topological polar surface area (TPSA) is 75.8 Å². The minimum atomic E-state index is -0.888. The summed E-state index contributed by atoms with van der Waals surface area (Å²) in [5.41, 5.74) is 4.58. The van der Waals surface area contributed by atoms with Gasteiger partial charge in [-0.2, -0.15) is 0 Å². The van der Waals surface area contributed by atoms with Crippen molar-refractivity contribution < 1.29 is 14.6 Å². The number of nitrogens with zero attached hydrogens (tertiary/aromatic N) is 1. The lowest BCUT2D eigenvalue weighted by Gasteiger charge is -2.53. The fourth-order valence-corrected chi connectivity index (χ4v) is 4.26. The van der Waals surface area contributed by atoms with Crippen molar-refractivity contribution in [3.8, 4) is 0 Å². The van der Waals surface area contributed by atoms with Crippen LogP contribution in [-0.2, 0) is 4.74 Å². The zero-order valence-corrected chi connectivity index (χ0v) is 16.1. The summed E-state index contributed by atoms with van der Waals surface area (Å²) in [5, 5.41) is 11.4. The van der Waals surface area contributed by atoms with Gasteiger partial charge in [-0.3, -0.25) is 0 Å². The molecule has 1 heterocycles. The molecule has 3 N–H and O–H groups in total. The number of hydrogen-bond acceptors (Lipinski definition) is 4. The standard InChI is InChI=1S/C19H36N2O3/c1-14(2)15-8-6-10-19(23,12-15)18(20)9-7-11-21(13-18)16(22)24-17(3,4)5/h14-15,23H,6-13,20H2,1-5H3. The molecule has 1 aliphatic carbocycles. The van der Waals surface area contributed by atoms with Gasteiger partial charge in [0.1, 0.15) is 5.60 Å². The van der Waals surface area contributed by atoms with Crippen LogP contribution in [0.25, 0.3) is 0 Å². The Morgan fingerprint density at radius 1 is 1.29 bits per heavy atom. The number of nitrogens with two attached hydrogens (primary N) is 1. The lowest BCUT2D eigenvalue weighted by atomic mass is 9.63. The van der Waals surface area contributed by atoms with Crippen LogP contribution in [0.1, 0.15) is 73.1 Å². The van der Waals surface area contributed by atoms with Crippen LogP contribution in [0, 0.1) is 11.8 Å². The van der Waals surface area contributed by atoms with E-state index >= 15 is 0 Å². The predicted octanol–water partition coefficient (Wildman–Crippen LogP) is 3.29. The summed E-state index contributed by atoms with van der Waals surface area (Å²) in [6.07, 6.45) is 4.88. The molecule has 2 fully saturated rings. The second-order valence-corrected chi connectivity index (χ2v) is 9.29. The summed E-state index contributed by atoms with van der Waals surface area (Å²) in [6, 6.07) is 0. The SMILES string of the molecule is CC(C)C1CCCC(O)(C2(N)CCCN(C(=O)OC(C)(C)C)C2)C1. The van der Waals surface area contributed by atoms with Crippen molar-refractivity contribution in [2.24, 2.45) is 17.6 Å². The first-order valence-electron chi connectivity index (χ1n) is 9.45. The summed E-state index contributed by atoms with van der Waals surface area (Å²) in [6.45, 7) is 11.1. The number of hydrogen-bond donors (Lipinski definition) is 2. The van der Waals surface area contributed by atoms with Crippen LogP contribution in [0.4, 0.5) is 4.79 Å². The van der Waals surface area contributed by atoms with E-state index < -0.39 is 16.7 Å².